The Morgan fingerprint density at radius 3 is 2.73 bits per heavy atom. The van der Waals surface area contributed by atoms with E-state index in [0.717, 1.165) is 37.1 Å². The standard InChI is InChI=1S/C23H31ClFN3O2/c1-22(25)8-5-9-23(30,15-22)16-26-21(29)17-14-28(13-12-27-10-2-3-11-27)19-7-4-6-18(24)20(17)19/h4,6-7,14,30H,2-3,5,8-13,15-16H2,1H3,(H,26,29)/t22?,23-/m0/s1. The van der Waals surface area contributed by atoms with Crippen molar-refractivity contribution < 1.29 is 14.3 Å². The molecule has 2 fully saturated rings. The van der Waals surface area contributed by atoms with Crippen molar-refractivity contribution >= 4 is 28.4 Å². The number of nitrogens with zero attached hydrogens (tertiary/aromatic N) is 2. The molecule has 5 nitrogen and oxygen atoms in total. The Kier molecular flexibility index (Phi) is 6.11. The number of aromatic nitrogens is 1. The lowest BCUT2D eigenvalue weighted by molar-refractivity contribution is -0.0533. The Morgan fingerprint density at radius 2 is 2.00 bits per heavy atom. The summed E-state index contributed by atoms with van der Waals surface area (Å²) in [6, 6.07) is 5.66. The number of alkyl halides is 1. The number of fused-ring (bicyclic) bond motifs is 1. The zero-order chi connectivity index (χ0) is 21.4. The van der Waals surface area contributed by atoms with Crippen molar-refractivity contribution in [3.05, 3.63) is 35.0 Å². The van der Waals surface area contributed by atoms with Crippen LogP contribution in [-0.2, 0) is 6.54 Å². The number of hydrogen-bond acceptors (Lipinski definition) is 3. The van der Waals surface area contributed by atoms with Crippen LogP contribution in [0.15, 0.2) is 24.4 Å². The first-order valence-corrected chi connectivity index (χ1v) is 11.3. The van der Waals surface area contributed by atoms with Gasteiger partial charge in [-0.3, -0.25) is 4.79 Å². The molecular formula is C23H31ClFN3O2. The topological polar surface area (TPSA) is 57.5 Å². The lowest BCUT2D eigenvalue weighted by Crippen LogP contribution is -2.49. The maximum Gasteiger partial charge on any atom is 0.253 e. The Morgan fingerprint density at radius 1 is 1.23 bits per heavy atom. The van der Waals surface area contributed by atoms with Gasteiger partial charge >= 0.3 is 0 Å². The van der Waals surface area contributed by atoms with E-state index in [2.05, 4.69) is 14.8 Å². The Bertz CT molecular complexity index is 923. The van der Waals surface area contributed by atoms with Gasteiger partial charge in [-0.05, 0) is 64.3 Å². The van der Waals surface area contributed by atoms with Crippen LogP contribution < -0.4 is 5.32 Å². The fourth-order valence-corrected chi connectivity index (χ4v) is 5.33. The van der Waals surface area contributed by atoms with Crippen molar-refractivity contribution in [1.82, 2.24) is 14.8 Å². The van der Waals surface area contributed by atoms with Crippen molar-refractivity contribution in [3.63, 3.8) is 0 Å². The van der Waals surface area contributed by atoms with Gasteiger partial charge in [0.1, 0.15) is 5.67 Å². The van der Waals surface area contributed by atoms with Crippen molar-refractivity contribution in [2.45, 2.75) is 63.3 Å². The fourth-order valence-electron chi connectivity index (χ4n) is 5.06. The number of carbonyl (C=O) groups is 1. The van der Waals surface area contributed by atoms with Gasteiger partial charge < -0.3 is 19.9 Å². The van der Waals surface area contributed by atoms with Crippen LogP contribution in [0.1, 0.15) is 55.8 Å². The molecule has 2 atom stereocenters. The highest BCUT2D eigenvalue weighted by Gasteiger charge is 2.41. The van der Waals surface area contributed by atoms with E-state index in [4.69, 9.17) is 11.6 Å². The molecule has 0 spiro atoms. The van der Waals surface area contributed by atoms with Crippen LogP contribution in [0.3, 0.4) is 0 Å². The maximum atomic E-state index is 14.4. The highest BCUT2D eigenvalue weighted by atomic mass is 35.5. The number of amides is 1. The Hall–Kier alpha value is -1.63. The molecule has 4 rings (SSSR count). The number of rotatable bonds is 6. The minimum Gasteiger partial charge on any atom is -0.388 e. The summed E-state index contributed by atoms with van der Waals surface area (Å²) in [5, 5.41) is 14.9. The summed E-state index contributed by atoms with van der Waals surface area (Å²) in [7, 11) is 0. The van der Waals surface area contributed by atoms with E-state index in [1.807, 2.05) is 18.3 Å². The average Bonchev–Trinajstić information content (AvgIpc) is 3.32. The maximum absolute atomic E-state index is 14.4. The van der Waals surface area contributed by atoms with E-state index in [0.29, 0.717) is 29.8 Å². The van der Waals surface area contributed by atoms with Crippen LogP contribution in [0.25, 0.3) is 10.9 Å². The minimum absolute atomic E-state index is 0.0379. The largest absolute Gasteiger partial charge is 0.388 e. The monoisotopic (exact) mass is 435 g/mol. The number of hydrogen-bond donors (Lipinski definition) is 2. The number of aliphatic hydroxyl groups is 1. The van der Waals surface area contributed by atoms with Crippen molar-refractivity contribution in [1.29, 1.82) is 0 Å². The lowest BCUT2D eigenvalue weighted by Gasteiger charge is -2.38. The molecule has 1 aliphatic carbocycles. The summed E-state index contributed by atoms with van der Waals surface area (Å²) in [4.78, 5) is 15.5. The van der Waals surface area contributed by atoms with E-state index in [1.54, 1.807) is 6.07 Å². The summed E-state index contributed by atoms with van der Waals surface area (Å²) in [5.41, 5.74) is -1.18. The van der Waals surface area contributed by atoms with Crippen LogP contribution in [-0.4, -0.2) is 57.9 Å². The summed E-state index contributed by atoms with van der Waals surface area (Å²) in [6.45, 7) is 5.53. The minimum atomic E-state index is -1.40. The van der Waals surface area contributed by atoms with Crippen LogP contribution in [0.2, 0.25) is 5.02 Å². The van der Waals surface area contributed by atoms with Gasteiger partial charge in [0.2, 0.25) is 0 Å². The molecule has 2 aliphatic rings. The first-order chi connectivity index (χ1) is 14.3. The van der Waals surface area contributed by atoms with Gasteiger partial charge in [0.25, 0.3) is 5.91 Å². The molecule has 1 aliphatic heterocycles. The molecule has 164 valence electrons. The van der Waals surface area contributed by atoms with E-state index >= 15 is 0 Å². The molecule has 1 aromatic carbocycles. The van der Waals surface area contributed by atoms with Crippen molar-refractivity contribution in [2.24, 2.45) is 0 Å². The zero-order valence-corrected chi connectivity index (χ0v) is 18.3. The van der Waals surface area contributed by atoms with Crippen LogP contribution in [0, 0.1) is 0 Å². The van der Waals surface area contributed by atoms with E-state index < -0.39 is 11.3 Å². The van der Waals surface area contributed by atoms with Gasteiger partial charge in [-0.1, -0.05) is 17.7 Å². The predicted octanol–water partition coefficient (Wildman–Crippen LogP) is 4.15. The lowest BCUT2D eigenvalue weighted by atomic mass is 9.77. The molecule has 1 saturated heterocycles. The van der Waals surface area contributed by atoms with Gasteiger partial charge in [-0.2, -0.15) is 0 Å². The quantitative estimate of drug-likeness (QED) is 0.716. The van der Waals surface area contributed by atoms with E-state index in [9.17, 15) is 14.3 Å². The summed E-state index contributed by atoms with van der Waals surface area (Å²) in [6.07, 6.45) is 5.93. The molecular weight excluding hydrogens is 405 g/mol. The number of likely N-dealkylation sites (tertiary alicyclic amines) is 1. The third-order valence-electron chi connectivity index (χ3n) is 6.57. The fraction of sp³-hybridized carbons (Fsp3) is 0.609. The molecule has 1 unspecified atom stereocenters. The third kappa shape index (κ3) is 4.66. The average molecular weight is 436 g/mol. The number of nitrogens with one attached hydrogen (secondary N) is 1. The summed E-state index contributed by atoms with van der Waals surface area (Å²) >= 11 is 6.46. The molecule has 1 saturated carbocycles. The van der Waals surface area contributed by atoms with Crippen molar-refractivity contribution in [3.8, 4) is 0 Å². The number of carbonyl (C=O) groups excluding carboxylic acids is 1. The molecule has 2 N–H and O–H groups in total. The number of benzene rings is 1. The van der Waals surface area contributed by atoms with Gasteiger partial charge in [0.05, 0.1) is 21.7 Å². The van der Waals surface area contributed by atoms with Crippen LogP contribution in [0.5, 0.6) is 0 Å². The second-order valence-corrected chi connectivity index (χ2v) is 9.68. The van der Waals surface area contributed by atoms with E-state index in [1.165, 1.54) is 19.8 Å². The van der Waals surface area contributed by atoms with E-state index in [-0.39, 0.29) is 18.9 Å². The Balaban J connectivity index is 1.51. The highest BCUT2D eigenvalue weighted by Crippen LogP contribution is 2.37. The second-order valence-electron chi connectivity index (χ2n) is 9.27. The predicted molar refractivity (Wildman–Crippen MR) is 118 cm³/mol. The molecule has 2 aromatic rings. The molecule has 30 heavy (non-hydrogen) atoms. The molecule has 7 heteroatoms. The summed E-state index contributed by atoms with van der Waals surface area (Å²) < 4.78 is 16.5. The first kappa shape index (κ1) is 21.6. The van der Waals surface area contributed by atoms with Gasteiger partial charge in [-0.25, -0.2) is 4.39 Å². The van der Waals surface area contributed by atoms with Gasteiger partial charge in [0.15, 0.2) is 0 Å². The number of halogens is 2. The van der Waals surface area contributed by atoms with Crippen molar-refractivity contribution in [2.75, 3.05) is 26.2 Å². The second kappa shape index (κ2) is 8.48. The smallest absolute Gasteiger partial charge is 0.253 e. The molecule has 1 aromatic heterocycles. The van der Waals surface area contributed by atoms with Crippen LogP contribution in [0.4, 0.5) is 4.39 Å². The molecule has 2 heterocycles. The van der Waals surface area contributed by atoms with Crippen LogP contribution >= 0.6 is 11.6 Å². The van der Waals surface area contributed by atoms with Gasteiger partial charge in [0, 0.05) is 37.6 Å². The third-order valence-corrected chi connectivity index (χ3v) is 6.89. The Labute approximate surface area is 182 Å². The molecule has 0 bridgehead atoms. The highest BCUT2D eigenvalue weighted by molar-refractivity contribution is 6.36. The SMILES string of the molecule is CC1(F)CCC[C@@](O)(CNC(=O)c2cn(CCN3CCCC3)c3cccc(Cl)c23)C1. The normalized spacial score (nSPS) is 27.6. The molecule has 0 radical (unpaired) electrons. The summed E-state index contributed by atoms with van der Waals surface area (Å²) in [5.74, 6) is -0.285. The zero-order valence-electron chi connectivity index (χ0n) is 17.6. The first-order valence-electron chi connectivity index (χ1n) is 11.0. The molecule has 1 amide bonds. The van der Waals surface area contributed by atoms with Gasteiger partial charge in [-0.15, -0.1) is 0 Å².